The third-order valence-electron chi connectivity index (χ3n) is 4.14. The fraction of sp³-hybridized carbons (Fsp3) is 0.471. The van der Waals surface area contributed by atoms with Crippen LogP contribution in [-0.4, -0.2) is 34.4 Å². The summed E-state index contributed by atoms with van der Waals surface area (Å²) in [4.78, 5) is 23.5. The first-order chi connectivity index (χ1) is 11.3. The van der Waals surface area contributed by atoms with E-state index in [0.29, 0.717) is 12.3 Å². The van der Waals surface area contributed by atoms with Crippen LogP contribution in [-0.2, 0) is 11.3 Å². The van der Waals surface area contributed by atoms with E-state index >= 15 is 0 Å². The van der Waals surface area contributed by atoms with Gasteiger partial charge in [-0.3, -0.25) is 9.78 Å². The number of nitrogens with zero attached hydrogens (tertiary/aromatic N) is 3. The van der Waals surface area contributed by atoms with E-state index in [1.54, 1.807) is 19.5 Å². The summed E-state index contributed by atoms with van der Waals surface area (Å²) in [6.45, 7) is 1.23. The summed E-state index contributed by atoms with van der Waals surface area (Å²) in [6, 6.07) is 4.13. The van der Waals surface area contributed by atoms with Crippen molar-refractivity contribution in [3.05, 3.63) is 46.2 Å². The van der Waals surface area contributed by atoms with Crippen molar-refractivity contribution in [2.45, 2.75) is 38.3 Å². The predicted octanol–water partition coefficient (Wildman–Crippen LogP) is 3.44. The Morgan fingerprint density at radius 3 is 2.96 bits per heavy atom. The van der Waals surface area contributed by atoms with Crippen LogP contribution in [0.1, 0.15) is 52.8 Å². The first kappa shape index (κ1) is 16.1. The molecule has 5 nitrogen and oxygen atoms in total. The SMILES string of the molecule is COCc1nc(C(=O)N2CCCCCC2c2ccncc2)cs1. The van der Waals surface area contributed by atoms with E-state index in [2.05, 4.69) is 9.97 Å². The Kier molecular flexibility index (Phi) is 5.35. The highest BCUT2D eigenvalue weighted by Crippen LogP contribution is 2.31. The summed E-state index contributed by atoms with van der Waals surface area (Å²) in [5.74, 6) is 0.0207. The van der Waals surface area contributed by atoms with Crippen LogP contribution in [0.25, 0.3) is 0 Å². The van der Waals surface area contributed by atoms with Crippen molar-refractivity contribution in [2.24, 2.45) is 0 Å². The van der Waals surface area contributed by atoms with E-state index in [9.17, 15) is 4.79 Å². The minimum absolute atomic E-state index is 0.0207. The van der Waals surface area contributed by atoms with Crippen LogP contribution in [0.15, 0.2) is 29.9 Å². The van der Waals surface area contributed by atoms with Crippen LogP contribution in [0.2, 0.25) is 0 Å². The zero-order valence-corrected chi connectivity index (χ0v) is 14.1. The van der Waals surface area contributed by atoms with E-state index in [1.807, 2.05) is 22.4 Å². The largest absolute Gasteiger partial charge is 0.378 e. The topological polar surface area (TPSA) is 55.3 Å². The standard InChI is InChI=1S/C17H21N3O2S/c1-22-11-16-19-14(12-23-16)17(21)20-10-4-2-3-5-15(20)13-6-8-18-9-7-13/h6-9,12,15H,2-5,10-11H2,1H3. The molecule has 1 unspecified atom stereocenters. The van der Waals surface area contributed by atoms with Gasteiger partial charge in [0, 0.05) is 31.4 Å². The van der Waals surface area contributed by atoms with Crippen molar-refractivity contribution in [3.8, 4) is 0 Å². The summed E-state index contributed by atoms with van der Waals surface area (Å²) < 4.78 is 5.09. The maximum Gasteiger partial charge on any atom is 0.273 e. The Labute approximate surface area is 140 Å². The molecular weight excluding hydrogens is 310 g/mol. The van der Waals surface area contributed by atoms with Gasteiger partial charge in [-0.25, -0.2) is 4.98 Å². The number of hydrogen-bond acceptors (Lipinski definition) is 5. The molecular formula is C17H21N3O2S. The molecule has 1 aliphatic heterocycles. The zero-order valence-electron chi connectivity index (χ0n) is 13.3. The maximum atomic E-state index is 13.0. The second kappa shape index (κ2) is 7.66. The van der Waals surface area contributed by atoms with Crippen molar-refractivity contribution in [3.63, 3.8) is 0 Å². The normalized spacial score (nSPS) is 18.7. The maximum absolute atomic E-state index is 13.0. The summed E-state index contributed by atoms with van der Waals surface area (Å²) in [6.07, 6.45) is 7.93. The predicted molar refractivity (Wildman–Crippen MR) is 89.3 cm³/mol. The zero-order chi connectivity index (χ0) is 16.1. The molecule has 0 aromatic carbocycles. The minimum Gasteiger partial charge on any atom is -0.378 e. The van der Waals surface area contributed by atoms with Crippen LogP contribution >= 0.6 is 11.3 Å². The fourth-order valence-corrected chi connectivity index (χ4v) is 3.77. The highest BCUT2D eigenvalue weighted by Gasteiger charge is 2.28. The third-order valence-corrected chi connectivity index (χ3v) is 4.97. The Morgan fingerprint density at radius 2 is 2.17 bits per heavy atom. The van der Waals surface area contributed by atoms with E-state index < -0.39 is 0 Å². The molecule has 6 heteroatoms. The molecule has 1 amide bonds. The number of amides is 1. The molecule has 3 rings (SSSR count). The van der Waals surface area contributed by atoms with E-state index in [4.69, 9.17) is 4.74 Å². The number of ether oxygens (including phenoxy) is 1. The van der Waals surface area contributed by atoms with Gasteiger partial charge >= 0.3 is 0 Å². The molecule has 122 valence electrons. The molecule has 0 saturated carbocycles. The molecule has 1 fully saturated rings. The van der Waals surface area contributed by atoms with Gasteiger partial charge in [0.05, 0.1) is 12.6 Å². The minimum atomic E-state index is 0.0207. The number of pyridine rings is 1. The number of likely N-dealkylation sites (tertiary alicyclic amines) is 1. The lowest BCUT2D eigenvalue weighted by molar-refractivity contribution is 0.0675. The Balaban J connectivity index is 1.85. The first-order valence-electron chi connectivity index (χ1n) is 7.94. The monoisotopic (exact) mass is 331 g/mol. The van der Waals surface area contributed by atoms with Gasteiger partial charge in [-0.15, -0.1) is 11.3 Å². The summed E-state index contributed by atoms with van der Waals surface area (Å²) in [7, 11) is 1.64. The molecule has 0 radical (unpaired) electrons. The van der Waals surface area contributed by atoms with Crippen molar-refractivity contribution in [2.75, 3.05) is 13.7 Å². The summed E-state index contributed by atoms with van der Waals surface area (Å²) in [5.41, 5.74) is 1.69. The van der Waals surface area contributed by atoms with Gasteiger partial charge in [0.2, 0.25) is 0 Å². The molecule has 23 heavy (non-hydrogen) atoms. The smallest absolute Gasteiger partial charge is 0.273 e. The van der Waals surface area contributed by atoms with Gasteiger partial charge < -0.3 is 9.64 Å². The van der Waals surface area contributed by atoms with Crippen molar-refractivity contribution < 1.29 is 9.53 Å². The Bertz CT molecular complexity index is 644. The second-order valence-corrected chi connectivity index (χ2v) is 6.65. The van der Waals surface area contributed by atoms with Crippen molar-refractivity contribution >= 4 is 17.2 Å². The van der Waals surface area contributed by atoms with Crippen molar-refractivity contribution in [1.82, 2.24) is 14.9 Å². The number of hydrogen-bond donors (Lipinski definition) is 0. The lowest BCUT2D eigenvalue weighted by Crippen LogP contribution is -2.35. The lowest BCUT2D eigenvalue weighted by Gasteiger charge is -2.29. The van der Waals surface area contributed by atoms with Gasteiger partial charge in [-0.2, -0.15) is 0 Å². The molecule has 1 saturated heterocycles. The van der Waals surface area contributed by atoms with E-state index in [0.717, 1.165) is 42.8 Å². The van der Waals surface area contributed by atoms with Gasteiger partial charge in [-0.1, -0.05) is 12.8 Å². The number of carbonyl (C=O) groups is 1. The van der Waals surface area contributed by atoms with Gasteiger partial charge in [0.15, 0.2) is 0 Å². The van der Waals surface area contributed by atoms with Crippen LogP contribution in [0.5, 0.6) is 0 Å². The van der Waals surface area contributed by atoms with Gasteiger partial charge in [-0.05, 0) is 30.5 Å². The highest BCUT2D eigenvalue weighted by molar-refractivity contribution is 7.09. The molecule has 0 bridgehead atoms. The number of thiazole rings is 1. The Hall–Kier alpha value is -1.79. The van der Waals surface area contributed by atoms with Gasteiger partial charge in [0.1, 0.15) is 10.7 Å². The third kappa shape index (κ3) is 3.76. The number of aromatic nitrogens is 2. The Morgan fingerprint density at radius 1 is 1.35 bits per heavy atom. The van der Waals surface area contributed by atoms with E-state index in [1.165, 1.54) is 11.3 Å². The molecule has 2 aromatic rings. The van der Waals surface area contributed by atoms with Crippen LogP contribution in [0, 0.1) is 0 Å². The number of methoxy groups -OCH3 is 1. The summed E-state index contributed by atoms with van der Waals surface area (Å²) >= 11 is 1.48. The average molecular weight is 331 g/mol. The van der Waals surface area contributed by atoms with Crippen molar-refractivity contribution in [1.29, 1.82) is 0 Å². The molecule has 0 spiro atoms. The van der Waals surface area contributed by atoms with Crippen LogP contribution in [0.3, 0.4) is 0 Å². The molecule has 0 N–H and O–H groups in total. The molecule has 3 heterocycles. The van der Waals surface area contributed by atoms with Crippen LogP contribution < -0.4 is 0 Å². The number of rotatable bonds is 4. The molecule has 1 aliphatic rings. The highest BCUT2D eigenvalue weighted by atomic mass is 32.1. The average Bonchev–Trinajstić information content (AvgIpc) is 2.91. The second-order valence-electron chi connectivity index (χ2n) is 5.70. The molecule has 2 aromatic heterocycles. The van der Waals surface area contributed by atoms with E-state index in [-0.39, 0.29) is 11.9 Å². The molecule has 1 atom stereocenters. The lowest BCUT2D eigenvalue weighted by atomic mass is 10.0. The number of carbonyl (C=O) groups excluding carboxylic acids is 1. The van der Waals surface area contributed by atoms with Gasteiger partial charge in [0.25, 0.3) is 5.91 Å². The van der Waals surface area contributed by atoms with Crippen LogP contribution in [0.4, 0.5) is 0 Å². The molecule has 0 aliphatic carbocycles. The quantitative estimate of drug-likeness (QED) is 0.861. The fourth-order valence-electron chi connectivity index (χ4n) is 3.03. The summed E-state index contributed by atoms with van der Waals surface area (Å²) in [5, 5.41) is 2.68. The first-order valence-corrected chi connectivity index (χ1v) is 8.82.